The number of carboxylic acid groups (broad SMARTS) is 1. The molecular weight excluding hydrogens is 410 g/mol. The summed E-state index contributed by atoms with van der Waals surface area (Å²) in [5.41, 5.74) is -4.94. The summed E-state index contributed by atoms with van der Waals surface area (Å²) in [4.78, 5) is 14.0. The molecule has 1 atom stereocenters. The normalized spacial score (nSPS) is 14.0. The van der Waals surface area contributed by atoms with E-state index in [9.17, 15) is 23.8 Å². The van der Waals surface area contributed by atoms with Gasteiger partial charge in [0.1, 0.15) is 23.7 Å². The Morgan fingerprint density at radius 1 is 1.23 bits per heavy atom. The summed E-state index contributed by atoms with van der Waals surface area (Å²) >= 11 is 0. The van der Waals surface area contributed by atoms with Gasteiger partial charge in [-0.05, 0) is 40.3 Å². The Kier molecular flexibility index (Phi) is 5.60. The van der Waals surface area contributed by atoms with Gasteiger partial charge in [-0.2, -0.15) is 8.78 Å². The molecule has 2 heterocycles. The van der Waals surface area contributed by atoms with Gasteiger partial charge >= 0.3 is 5.92 Å². The van der Waals surface area contributed by atoms with E-state index < -0.39 is 46.9 Å². The van der Waals surface area contributed by atoms with Crippen molar-refractivity contribution in [2.24, 2.45) is 0 Å². The average Bonchev–Trinajstić information content (AvgIpc) is 3.19. The zero-order valence-corrected chi connectivity index (χ0v) is 14.9. The Balaban J connectivity index is 2.08. The minimum absolute atomic E-state index is 0.163. The summed E-state index contributed by atoms with van der Waals surface area (Å²) < 4.78 is 59.3. The molecule has 0 fully saturated rings. The smallest absolute Gasteiger partial charge is 0.323 e. The van der Waals surface area contributed by atoms with E-state index in [0.29, 0.717) is 18.2 Å². The van der Waals surface area contributed by atoms with Crippen LogP contribution >= 0.6 is 0 Å². The number of pyridine rings is 1. The second kappa shape index (κ2) is 7.99. The van der Waals surface area contributed by atoms with Gasteiger partial charge in [-0.15, -0.1) is 5.10 Å². The zero-order valence-electron chi connectivity index (χ0n) is 14.9. The van der Waals surface area contributed by atoms with E-state index in [1.807, 2.05) is 0 Å². The molecule has 1 N–H and O–H groups in total. The number of tetrazole rings is 1. The third-order valence-electron chi connectivity index (χ3n) is 4.20. The summed E-state index contributed by atoms with van der Waals surface area (Å²) in [6.07, 6.45) is 3.61. The molecule has 0 amide bonds. The third-order valence-corrected chi connectivity index (χ3v) is 4.20. The molecule has 8 nitrogen and oxygen atoms in total. The highest BCUT2D eigenvalue weighted by Crippen LogP contribution is 2.46. The van der Waals surface area contributed by atoms with Crippen molar-refractivity contribution in [1.29, 1.82) is 0 Å². The molecule has 0 aliphatic carbocycles. The fourth-order valence-electron chi connectivity index (χ4n) is 2.73. The van der Waals surface area contributed by atoms with Crippen LogP contribution in [0.3, 0.4) is 0 Å². The van der Waals surface area contributed by atoms with Gasteiger partial charge in [-0.25, -0.2) is 13.5 Å². The molecular formula is C18H12F4N5O3-. The molecule has 12 heteroatoms. The molecule has 0 saturated carbocycles. The van der Waals surface area contributed by atoms with Crippen LogP contribution in [0.2, 0.25) is 0 Å². The first-order valence-corrected chi connectivity index (χ1v) is 8.25. The van der Waals surface area contributed by atoms with Crippen LogP contribution in [0.1, 0.15) is 16.8 Å². The molecule has 0 bridgehead atoms. The first-order chi connectivity index (χ1) is 14.1. The molecule has 30 heavy (non-hydrogen) atoms. The molecule has 0 radical (unpaired) electrons. The van der Waals surface area contributed by atoms with Gasteiger partial charge in [0, 0.05) is 17.8 Å². The van der Waals surface area contributed by atoms with Gasteiger partial charge in [0.15, 0.2) is 5.60 Å². The van der Waals surface area contributed by atoms with Crippen molar-refractivity contribution in [2.75, 3.05) is 0 Å². The number of halogens is 4. The first-order valence-electron chi connectivity index (χ1n) is 8.25. The number of rotatable bonds is 7. The van der Waals surface area contributed by atoms with Crippen molar-refractivity contribution < 1.29 is 32.6 Å². The Morgan fingerprint density at radius 2 is 2.00 bits per heavy atom. The second-order valence-corrected chi connectivity index (χ2v) is 6.20. The predicted molar refractivity (Wildman–Crippen MR) is 90.2 cm³/mol. The van der Waals surface area contributed by atoms with Gasteiger partial charge in [0.2, 0.25) is 0 Å². The predicted octanol–water partition coefficient (Wildman–Crippen LogP) is 0.789. The lowest BCUT2D eigenvalue weighted by atomic mass is 9.84. The maximum Gasteiger partial charge on any atom is 0.323 e. The number of alkyl halides is 2. The lowest BCUT2D eigenvalue weighted by Gasteiger charge is -2.35. The SMILES string of the molecule is O=C([O-])C=Cc1ccc(C(F)(F)C(O)(Cn2cnnn2)c2ccc(F)cc2F)nc1. The van der Waals surface area contributed by atoms with Crippen molar-refractivity contribution in [2.45, 2.75) is 18.1 Å². The van der Waals surface area contributed by atoms with E-state index in [2.05, 4.69) is 20.5 Å². The molecule has 2 aromatic heterocycles. The van der Waals surface area contributed by atoms with Crippen LogP contribution in [0.4, 0.5) is 17.6 Å². The maximum atomic E-state index is 15.4. The summed E-state index contributed by atoms with van der Waals surface area (Å²) in [6.45, 7) is -0.983. The molecule has 156 valence electrons. The first kappa shape index (κ1) is 21.0. The van der Waals surface area contributed by atoms with Crippen LogP contribution in [0, 0.1) is 11.6 Å². The molecule has 0 aliphatic heterocycles. The number of aliphatic hydroxyl groups is 1. The summed E-state index contributed by atoms with van der Waals surface area (Å²) in [5, 5.41) is 31.4. The van der Waals surface area contributed by atoms with Crippen molar-refractivity contribution in [3.05, 3.63) is 77.4 Å². The standard InChI is InChI=1S/C18H13F4N5O3/c19-12-3-4-13(14(20)7-12)17(30,9-27-10-24-25-26-27)18(21,22)15-5-1-11(8-23-15)2-6-16(28)29/h1-8,10,30H,9H2,(H,28,29)/p-1. The van der Waals surface area contributed by atoms with Gasteiger partial charge in [0.25, 0.3) is 0 Å². The number of aromatic nitrogens is 5. The highest BCUT2D eigenvalue weighted by Gasteiger charge is 2.57. The third kappa shape index (κ3) is 4.03. The van der Waals surface area contributed by atoms with E-state index in [4.69, 9.17) is 0 Å². The fraction of sp³-hybridized carbons (Fsp3) is 0.167. The van der Waals surface area contributed by atoms with Gasteiger partial charge in [0.05, 0.1) is 12.5 Å². The second-order valence-electron chi connectivity index (χ2n) is 6.20. The van der Waals surface area contributed by atoms with Crippen molar-refractivity contribution >= 4 is 12.0 Å². The number of carbonyl (C=O) groups is 1. The van der Waals surface area contributed by atoms with Crippen molar-refractivity contribution in [3.8, 4) is 0 Å². The quantitative estimate of drug-likeness (QED) is 0.442. The zero-order chi connectivity index (χ0) is 21.9. The number of carbonyl (C=O) groups excluding carboxylic acids is 1. The Labute approximate surface area is 166 Å². The van der Waals surface area contributed by atoms with E-state index >= 15 is 8.78 Å². The van der Waals surface area contributed by atoms with Gasteiger partial charge < -0.3 is 15.0 Å². The molecule has 3 rings (SSSR count). The number of benzene rings is 1. The Bertz CT molecular complexity index is 1070. The summed E-state index contributed by atoms with van der Waals surface area (Å²) in [7, 11) is 0. The fourth-order valence-corrected chi connectivity index (χ4v) is 2.73. The number of hydrogen-bond donors (Lipinski definition) is 1. The minimum atomic E-state index is -4.20. The van der Waals surface area contributed by atoms with E-state index in [1.54, 1.807) is 0 Å². The van der Waals surface area contributed by atoms with Crippen LogP contribution < -0.4 is 5.11 Å². The topological polar surface area (TPSA) is 117 Å². The highest BCUT2D eigenvalue weighted by molar-refractivity contribution is 5.83. The lowest BCUT2D eigenvalue weighted by Crippen LogP contribution is -2.48. The molecule has 3 aromatic rings. The Hall–Kier alpha value is -3.67. The largest absolute Gasteiger partial charge is 0.545 e. The molecule has 1 aromatic carbocycles. The monoisotopic (exact) mass is 422 g/mol. The molecule has 1 unspecified atom stereocenters. The van der Waals surface area contributed by atoms with Crippen LogP contribution in [0.25, 0.3) is 6.08 Å². The Morgan fingerprint density at radius 3 is 2.57 bits per heavy atom. The van der Waals surface area contributed by atoms with E-state index in [0.717, 1.165) is 41.5 Å². The number of carboxylic acids is 1. The molecule has 0 saturated heterocycles. The van der Waals surface area contributed by atoms with Crippen LogP contribution in [-0.4, -0.2) is 36.3 Å². The van der Waals surface area contributed by atoms with Gasteiger partial charge in [-0.1, -0.05) is 12.1 Å². The van der Waals surface area contributed by atoms with E-state index in [1.165, 1.54) is 0 Å². The maximum absolute atomic E-state index is 15.4. The average molecular weight is 422 g/mol. The number of hydrogen-bond acceptors (Lipinski definition) is 7. The minimum Gasteiger partial charge on any atom is -0.545 e. The van der Waals surface area contributed by atoms with Crippen LogP contribution in [-0.2, 0) is 22.9 Å². The number of nitrogens with zero attached hydrogens (tertiary/aromatic N) is 5. The number of aliphatic carboxylic acids is 1. The van der Waals surface area contributed by atoms with Crippen molar-refractivity contribution in [3.63, 3.8) is 0 Å². The van der Waals surface area contributed by atoms with E-state index in [-0.39, 0.29) is 5.56 Å². The van der Waals surface area contributed by atoms with Crippen LogP contribution in [0.15, 0.2) is 48.9 Å². The summed E-state index contributed by atoms with van der Waals surface area (Å²) in [5.74, 6) is -8.12. The van der Waals surface area contributed by atoms with Crippen LogP contribution in [0.5, 0.6) is 0 Å². The molecule has 0 aliphatic rings. The molecule has 0 spiro atoms. The van der Waals surface area contributed by atoms with Crippen molar-refractivity contribution in [1.82, 2.24) is 25.2 Å². The lowest BCUT2D eigenvalue weighted by molar-refractivity contribution is -0.297. The summed E-state index contributed by atoms with van der Waals surface area (Å²) in [6, 6.07) is 3.73. The van der Waals surface area contributed by atoms with Gasteiger partial charge in [-0.3, -0.25) is 4.98 Å². The highest BCUT2D eigenvalue weighted by atomic mass is 19.3.